The third-order valence-corrected chi connectivity index (χ3v) is 5.11. The van der Waals surface area contributed by atoms with Gasteiger partial charge in [-0.3, -0.25) is 4.79 Å². The minimum atomic E-state index is -0.0182. The molecule has 0 aromatic heterocycles. The molecule has 0 radical (unpaired) electrons. The van der Waals surface area contributed by atoms with Crippen LogP contribution in [0.3, 0.4) is 0 Å². The van der Waals surface area contributed by atoms with Gasteiger partial charge in [-0.1, -0.05) is 26.7 Å². The third kappa shape index (κ3) is 3.55. The number of nitrogens with zero attached hydrogens (tertiary/aromatic N) is 1. The number of carbonyl (C=O) groups is 1. The van der Waals surface area contributed by atoms with Crippen molar-refractivity contribution in [3.8, 4) is 0 Å². The van der Waals surface area contributed by atoms with Gasteiger partial charge in [0.15, 0.2) is 0 Å². The van der Waals surface area contributed by atoms with Crippen LogP contribution < -0.4 is 5.32 Å². The number of rotatable bonds is 5. The first-order chi connectivity index (χ1) is 9.57. The van der Waals surface area contributed by atoms with Crippen molar-refractivity contribution < 1.29 is 4.79 Å². The molecule has 3 heteroatoms. The lowest BCUT2D eigenvalue weighted by atomic mass is 9.76. The van der Waals surface area contributed by atoms with E-state index in [1.807, 2.05) is 7.05 Å². The van der Waals surface area contributed by atoms with Gasteiger partial charge in [-0.25, -0.2) is 0 Å². The summed E-state index contributed by atoms with van der Waals surface area (Å²) in [7, 11) is 2.01. The molecule has 3 nitrogen and oxygen atoms in total. The van der Waals surface area contributed by atoms with E-state index >= 15 is 0 Å². The van der Waals surface area contributed by atoms with Crippen LogP contribution in [0.25, 0.3) is 0 Å². The molecule has 0 spiro atoms. The van der Waals surface area contributed by atoms with Gasteiger partial charge in [-0.15, -0.1) is 0 Å². The first-order valence-corrected chi connectivity index (χ1v) is 8.51. The van der Waals surface area contributed by atoms with Gasteiger partial charge in [0, 0.05) is 18.5 Å². The predicted molar refractivity (Wildman–Crippen MR) is 83.6 cm³/mol. The highest BCUT2D eigenvalue weighted by Crippen LogP contribution is 2.45. The molecule has 1 amide bonds. The van der Waals surface area contributed by atoms with E-state index in [9.17, 15) is 4.79 Å². The van der Waals surface area contributed by atoms with E-state index in [0.29, 0.717) is 17.7 Å². The lowest BCUT2D eigenvalue weighted by Crippen LogP contribution is -2.49. The molecule has 1 N–H and O–H groups in total. The molecule has 0 bridgehead atoms. The molecule has 1 aliphatic carbocycles. The maximum absolute atomic E-state index is 13.1. The summed E-state index contributed by atoms with van der Waals surface area (Å²) in [6, 6.07) is 0. The summed E-state index contributed by atoms with van der Waals surface area (Å²) in [5, 5.41) is 3.27. The molecule has 1 unspecified atom stereocenters. The van der Waals surface area contributed by atoms with Crippen LogP contribution in [0.15, 0.2) is 0 Å². The SMILES string of the molecule is CNCC1CCCN(C(=O)C2(CC(C)C)CCCC2)C1. The Morgan fingerprint density at radius 2 is 2.00 bits per heavy atom. The van der Waals surface area contributed by atoms with Crippen LogP contribution in [0.1, 0.15) is 58.8 Å². The molecule has 0 aromatic rings. The zero-order valence-corrected chi connectivity index (χ0v) is 13.6. The van der Waals surface area contributed by atoms with Gasteiger partial charge >= 0.3 is 0 Å². The van der Waals surface area contributed by atoms with E-state index in [1.165, 1.54) is 25.7 Å². The Hall–Kier alpha value is -0.570. The van der Waals surface area contributed by atoms with Crippen LogP contribution in [0.4, 0.5) is 0 Å². The normalized spacial score (nSPS) is 26.2. The highest BCUT2D eigenvalue weighted by Gasteiger charge is 2.44. The van der Waals surface area contributed by atoms with Gasteiger partial charge < -0.3 is 10.2 Å². The molecule has 20 heavy (non-hydrogen) atoms. The average molecular weight is 280 g/mol. The van der Waals surface area contributed by atoms with Gasteiger partial charge in [-0.05, 0) is 57.5 Å². The van der Waals surface area contributed by atoms with Crippen molar-refractivity contribution in [1.82, 2.24) is 10.2 Å². The number of hydrogen-bond acceptors (Lipinski definition) is 2. The first-order valence-electron chi connectivity index (χ1n) is 8.51. The van der Waals surface area contributed by atoms with Gasteiger partial charge in [0.2, 0.25) is 5.91 Å². The van der Waals surface area contributed by atoms with Gasteiger partial charge in [0.1, 0.15) is 0 Å². The van der Waals surface area contributed by atoms with Gasteiger partial charge in [0.05, 0.1) is 0 Å². The Morgan fingerprint density at radius 3 is 2.60 bits per heavy atom. The van der Waals surface area contributed by atoms with Crippen molar-refractivity contribution >= 4 is 5.91 Å². The van der Waals surface area contributed by atoms with Crippen molar-refractivity contribution in [1.29, 1.82) is 0 Å². The summed E-state index contributed by atoms with van der Waals surface area (Å²) >= 11 is 0. The van der Waals surface area contributed by atoms with Crippen molar-refractivity contribution in [2.75, 3.05) is 26.7 Å². The highest BCUT2D eigenvalue weighted by atomic mass is 16.2. The van der Waals surface area contributed by atoms with Crippen molar-refractivity contribution in [2.24, 2.45) is 17.3 Å². The molecule has 1 atom stereocenters. The van der Waals surface area contributed by atoms with Gasteiger partial charge in [-0.2, -0.15) is 0 Å². The summed E-state index contributed by atoms with van der Waals surface area (Å²) in [6.45, 7) is 7.51. The molecule has 0 aromatic carbocycles. The summed E-state index contributed by atoms with van der Waals surface area (Å²) in [4.78, 5) is 15.3. The van der Waals surface area contributed by atoms with Crippen LogP contribution in [0.2, 0.25) is 0 Å². The van der Waals surface area contributed by atoms with Crippen molar-refractivity contribution in [3.05, 3.63) is 0 Å². The fourth-order valence-electron chi connectivity index (χ4n) is 4.38. The molecule has 1 heterocycles. The summed E-state index contributed by atoms with van der Waals surface area (Å²) in [5.41, 5.74) is -0.0182. The number of hydrogen-bond donors (Lipinski definition) is 1. The summed E-state index contributed by atoms with van der Waals surface area (Å²) in [5.74, 6) is 1.75. The predicted octanol–water partition coefficient (Wildman–Crippen LogP) is 3.05. The quantitative estimate of drug-likeness (QED) is 0.839. The van der Waals surface area contributed by atoms with Gasteiger partial charge in [0.25, 0.3) is 0 Å². The van der Waals surface area contributed by atoms with Crippen LogP contribution in [0, 0.1) is 17.3 Å². The minimum absolute atomic E-state index is 0.0182. The van der Waals surface area contributed by atoms with E-state index < -0.39 is 0 Å². The maximum atomic E-state index is 13.1. The lowest BCUT2D eigenvalue weighted by Gasteiger charge is -2.40. The first kappa shape index (κ1) is 15.8. The van der Waals surface area contributed by atoms with Crippen LogP contribution in [0.5, 0.6) is 0 Å². The molecule has 1 saturated carbocycles. The van der Waals surface area contributed by atoms with E-state index in [0.717, 1.165) is 38.9 Å². The van der Waals surface area contributed by atoms with E-state index in [1.54, 1.807) is 0 Å². The Bertz CT molecular complexity index is 319. The average Bonchev–Trinajstić information content (AvgIpc) is 2.87. The maximum Gasteiger partial charge on any atom is 0.228 e. The molecule has 2 fully saturated rings. The molecular formula is C17H32N2O. The topological polar surface area (TPSA) is 32.3 Å². The number of likely N-dealkylation sites (tertiary alicyclic amines) is 1. The number of carbonyl (C=O) groups excluding carboxylic acids is 1. The highest BCUT2D eigenvalue weighted by molar-refractivity contribution is 5.83. The van der Waals surface area contributed by atoms with Crippen LogP contribution >= 0.6 is 0 Å². The van der Waals surface area contributed by atoms with E-state index in [2.05, 4.69) is 24.1 Å². The van der Waals surface area contributed by atoms with Crippen LogP contribution in [-0.2, 0) is 4.79 Å². The lowest BCUT2D eigenvalue weighted by molar-refractivity contribution is -0.144. The Balaban J connectivity index is 2.03. The molecule has 1 aliphatic heterocycles. The second-order valence-corrected chi connectivity index (χ2v) is 7.40. The van der Waals surface area contributed by atoms with Crippen molar-refractivity contribution in [2.45, 2.75) is 58.8 Å². The molecular weight excluding hydrogens is 248 g/mol. The second kappa shape index (κ2) is 6.93. The molecule has 2 aliphatic rings. The second-order valence-electron chi connectivity index (χ2n) is 7.40. The fourth-order valence-corrected chi connectivity index (χ4v) is 4.38. The van der Waals surface area contributed by atoms with Crippen LogP contribution in [-0.4, -0.2) is 37.5 Å². The van der Waals surface area contributed by atoms with E-state index in [4.69, 9.17) is 0 Å². The monoisotopic (exact) mass is 280 g/mol. The zero-order valence-electron chi connectivity index (χ0n) is 13.6. The fraction of sp³-hybridized carbons (Fsp3) is 0.941. The largest absolute Gasteiger partial charge is 0.342 e. The summed E-state index contributed by atoms with van der Waals surface area (Å²) in [6.07, 6.45) is 8.25. The van der Waals surface area contributed by atoms with E-state index in [-0.39, 0.29) is 5.41 Å². The summed E-state index contributed by atoms with van der Waals surface area (Å²) < 4.78 is 0. The Labute approximate surface area is 124 Å². The number of piperidine rings is 1. The molecule has 2 rings (SSSR count). The minimum Gasteiger partial charge on any atom is -0.342 e. The zero-order chi connectivity index (χ0) is 14.6. The van der Waals surface area contributed by atoms with Crippen molar-refractivity contribution in [3.63, 3.8) is 0 Å². The third-order valence-electron chi connectivity index (χ3n) is 5.11. The number of amides is 1. The molecule has 116 valence electrons. The Morgan fingerprint density at radius 1 is 1.30 bits per heavy atom. The smallest absolute Gasteiger partial charge is 0.228 e. The molecule has 1 saturated heterocycles. The number of nitrogens with one attached hydrogen (secondary N) is 1. The standard InChI is InChI=1S/C17H32N2O/c1-14(2)11-17(8-4-5-9-17)16(20)19-10-6-7-15(13-19)12-18-3/h14-15,18H,4-13H2,1-3H3. The Kier molecular flexibility index (Phi) is 5.48.